The first-order chi connectivity index (χ1) is 5.55. The molecule has 12 heavy (non-hydrogen) atoms. The summed E-state index contributed by atoms with van der Waals surface area (Å²) in [4.78, 5) is 0. The second kappa shape index (κ2) is 3.18. The lowest BCUT2D eigenvalue weighted by Crippen LogP contribution is -2.10. The molecule has 1 heterocycles. The smallest absolute Gasteiger partial charge is 0.107 e. The van der Waals surface area contributed by atoms with Crippen molar-refractivity contribution in [3.8, 4) is 0 Å². The molecule has 0 saturated heterocycles. The molecule has 0 bridgehead atoms. The Morgan fingerprint density at radius 3 is 2.67 bits per heavy atom. The van der Waals surface area contributed by atoms with E-state index in [0.29, 0.717) is 0 Å². The maximum absolute atomic E-state index is 5.35. The Morgan fingerprint density at radius 1 is 1.58 bits per heavy atom. The van der Waals surface area contributed by atoms with Crippen LogP contribution in [-0.2, 0) is 6.42 Å². The maximum atomic E-state index is 5.35. The van der Waals surface area contributed by atoms with E-state index in [9.17, 15) is 0 Å². The van der Waals surface area contributed by atoms with Gasteiger partial charge in [-0.05, 0) is 24.0 Å². The zero-order valence-corrected chi connectivity index (χ0v) is 8.05. The minimum atomic E-state index is 0.128. The van der Waals surface area contributed by atoms with Crippen molar-refractivity contribution in [1.82, 2.24) is 0 Å². The molecule has 0 fully saturated rings. The Labute approximate surface area is 74.1 Å². The summed E-state index contributed by atoms with van der Waals surface area (Å²) < 4.78 is 5.35. The molecule has 0 spiro atoms. The van der Waals surface area contributed by atoms with Gasteiger partial charge in [0.1, 0.15) is 5.76 Å². The van der Waals surface area contributed by atoms with Crippen molar-refractivity contribution in [2.24, 2.45) is 5.41 Å². The molecule has 0 aliphatic rings. The van der Waals surface area contributed by atoms with Crippen molar-refractivity contribution in [3.05, 3.63) is 36.3 Å². The first kappa shape index (κ1) is 9.11. The van der Waals surface area contributed by atoms with Crippen molar-refractivity contribution in [1.29, 1.82) is 0 Å². The number of hydrogen-bond donors (Lipinski definition) is 0. The molecular formula is C11H16O. The standard InChI is InChI=1S/C11H16O/c1-5-11(3,4)8-10-9(2)6-7-12-10/h5-7H,1,8H2,2-4H3. The predicted octanol–water partition coefficient (Wildman–Crippen LogP) is 3.34. The highest BCUT2D eigenvalue weighted by Crippen LogP contribution is 2.24. The van der Waals surface area contributed by atoms with Crippen LogP contribution >= 0.6 is 0 Å². The van der Waals surface area contributed by atoms with E-state index in [-0.39, 0.29) is 5.41 Å². The minimum Gasteiger partial charge on any atom is -0.469 e. The predicted molar refractivity (Wildman–Crippen MR) is 51.1 cm³/mol. The molecule has 1 heteroatoms. The number of aryl methyl sites for hydroxylation is 1. The first-order valence-electron chi connectivity index (χ1n) is 4.22. The lowest BCUT2D eigenvalue weighted by Gasteiger charge is -2.17. The summed E-state index contributed by atoms with van der Waals surface area (Å²) in [5.41, 5.74) is 1.35. The highest BCUT2D eigenvalue weighted by molar-refractivity contribution is 5.16. The van der Waals surface area contributed by atoms with E-state index in [2.05, 4.69) is 27.4 Å². The quantitative estimate of drug-likeness (QED) is 0.624. The molecule has 0 unspecified atom stereocenters. The van der Waals surface area contributed by atoms with Crippen molar-refractivity contribution in [2.45, 2.75) is 27.2 Å². The van der Waals surface area contributed by atoms with Gasteiger partial charge in [0, 0.05) is 6.42 Å². The SMILES string of the molecule is C=CC(C)(C)Cc1occc1C. The van der Waals surface area contributed by atoms with Gasteiger partial charge in [-0.15, -0.1) is 6.58 Å². The summed E-state index contributed by atoms with van der Waals surface area (Å²) >= 11 is 0. The van der Waals surface area contributed by atoms with Crippen LogP contribution in [0.5, 0.6) is 0 Å². The molecule has 0 atom stereocenters. The molecule has 1 nitrogen and oxygen atoms in total. The summed E-state index contributed by atoms with van der Waals surface area (Å²) in [6, 6.07) is 1.99. The maximum Gasteiger partial charge on any atom is 0.107 e. The fourth-order valence-corrected chi connectivity index (χ4v) is 1.07. The number of allylic oxidation sites excluding steroid dienone is 1. The Balaban J connectivity index is 2.76. The Kier molecular flexibility index (Phi) is 2.41. The zero-order valence-electron chi connectivity index (χ0n) is 8.05. The summed E-state index contributed by atoms with van der Waals surface area (Å²) in [6.07, 6.45) is 4.63. The molecule has 0 aromatic carbocycles. The van der Waals surface area contributed by atoms with Crippen LogP contribution in [0.2, 0.25) is 0 Å². The van der Waals surface area contributed by atoms with Crippen molar-refractivity contribution >= 4 is 0 Å². The summed E-state index contributed by atoms with van der Waals surface area (Å²) in [5.74, 6) is 1.07. The third kappa shape index (κ3) is 2.00. The van der Waals surface area contributed by atoms with E-state index in [4.69, 9.17) is 4.42 Å². The van der Waals surface area contributed by atoms with Crippen LogP contribution in [-0.4, -0.2) is 0 Å². The highest BCUT2D eigenvalue weighted by Gasteiger charge is 2.16. The van der Waals surface area contributed by atoms with E-state index < -0.39 is 0 Å². The van der Waals surface area contributed by atoms with Crippen LogP contribution in [0.4, 0.5) is 0 Å². The second-order valence-electron chi connectivity index (χ2n) is 3.90. The lowest BCUT2D eigenvalue weighted by molar-refractivity contribution is 0.404. The fraction of sp³-hybridized carbons (Fsp3) is 0.455. The molecule has 66 valence electrons. The van der Waals surface area contributed by atoms with Crippen molar-refractivity contribution < 1.29 is 4.42 Å². The van der Waals surface area contributed by atoms with Gasteiger partial charge < -0.3 is 4.42 Å². The van der Waals surface area contributed by atoms with Crippen LogP contribution in [0.25, 0.3) is 0 Å². The molecule has 1 rings (SSSR count). The van der Waals surface area contributed by atoms with Crippen molar-refractivity contribution in [3.63, 3.8) is 0 Å². The van der Waals surface area contributed by atoms with Gasteiger partial charge in [0.05, 0.1) is 6.26 Å². The molecule has 0 N–H and O–H groups in total. The van der Waals surface area contributed by atoms with Gasteiger partial charge in [0.2, 0.25) is 0 Å². The van der Waals surface area contributed by atoms with E-state index in [1.807, 2.05) is 12.1 Å². The lowest BCUT2D eigenvalue weighted by atomic mass is 9.88. The summed E-state index contributed by atoms with van der Waals surface area (Å²) in [7, 11) is 0. The van der Waals surface area contributed by atoms with E-state index in [0.717, 1.165) is 12.2 Å². The number of rotatable bonds is 3. The van der Waals surface area contributed by atoms with Gasteiger partial charge >= 0.3 is 0 Å². The molecule has 1 aromatic heterocycles. The molecule has 0 saturated carbocycles. The van der Waals surface area contributed by atoms with Gasteiger partial charge in [-0.3, -0.25) is 0 Å². The van der Waals surface area contributed by atoms with Crippen LogP contribution in [0, 0.1) is 12.3 Å². The second-order valence-corrected chi connectivity index (χ2v) is 3.90. The van der Waals surface area contributed by atoms with E-state index in [1.165, 1.54) is 5.56 Å². The largest absolute Gasteiger partial charge is 0.469 e. The normalized spacial score (nSPS) is 11.6. The Morgan fingerprint density at radius 2 is 2.25 bits per heavy atom. The topological polar surface area (TPSA) is 13.1 Å². The summed E-state index contributed by atoms with van der Waals surface area (Å²) in [6.45, 7) is 10.2. The Hall–Kier alpha value is -0.980. The van der Waals surface area contributed by atoms with Gasteiger partial charge in [0.15, 0.2) is 0 Å². The van der Waals surface area contributed by atoms with Crippen LogP contribution in [0.3, 0.4) is 0 Å². The molecule has 0 amide bonds. The molecular weight excluding hydrogens is 148 g/mol. The third-order valence-corrected chi connectivity index (χ3v) is 2.14. The number of hydrogen-bond acceptors (Lipinski definition) is 1. The van der Waals surface area contributed by atoms with E-state index >= 15 is 0 Å². The molecule has 1 aromatic rings. The Bertz CT molecular complexity index is 268. The molecule has 0 aliphatic carbocycles. The van der Waals surface area contributed by atoms with Gasteiger partial charge in [0.25, 0.3) is 0 Å². The fourth-order valence-electron chi connectivity index (χ4n) is 1.07. The van der Waals surface area contributed by atoms with Crippen LogP contribution < -0.4 is 0 Å². The molecule has 0 aliphatic heterocycles. The minimum absolute atomic E-state index is 0.128. The third-order valence-electron chi connectivity index (χ3n) is 2.14. The average Bonchev–Trinajstić information content (AvgIpc) is 2.36. The van der Waals surface area contributed by atoms with Crippen molar-refractivity contribution in [2.75, 3.05) is 0 Å². The van der Waals surface area contributed by atoms with Gasteiger partial charge in [-0.25, -0.2) is 0 Å². The zero-order chi connectivity index (χ0) is 9.19. The van der Waals surface area contributed by atoms with Gasteiger partial charge in [-0.1, -0.05) is 19.9 Å². The highest BCUT2D eigenvalue weighted by atomic mass is 16.3. The number of furan rings is 1. The van der Waals surface area contributed by atoms with Crippen LogP contribution in [0.15, 0.2) is 29.4 Å². The monoisotopic (exact) mass is 164 g/mol. The van der Waals surface area contributed by atoms with E-state index in [1.54, 1.807) is 6.26 Å². The first-order valence-corrected chi connectivity index (χ1v) is 4.22. The summed E-state index contributed by atoms with van der Waals surface area (Å²) in [5, 5.41) is 0. The molecule has 0 radical (unpaired) electrons. The van der Waals surface area contributed by atoms with Gasteiger partial charge in [-0.2, -0.15) is 0 Å². The van der Waals surface area contributed by atoms with Crippen LogP contribution in [0.1, 0.15) is 25.2 Å². The average molecular weight is 164 g/mol.